The molecule has 0 amide bonds. The van der Waals surface area contributed by atoms with Gasteiger partial charge in [-0.3, -0.25) is 0 Å². The van der Waals surface area contributed by atoms with Gasteiger partial charge in [0.25, 0.3) is 0 Å². The summed E-state index contributed by atoms with van der Waals surface area (Å²) in [6.45, 7) is 9.51. The molecule has 1 N–H and O–H groups in total. The van der Waals surface area contributed by atoms with E-state index in [1.165, 1.54) is 5.57 Å². The predicted octanol–water partition coefficient (Wildman–Crippen LogP) is 2.84. The molecule has 0 aromatic heterocycles. The molecule has 0 aliphatic rings. The van der Waals surface area contributed by atoms with E-state index in [9.17, 15) is 0 Å². The lowest BCUT2D eigenvalue weighted by Gasteiger charge is -2.14. The van der Waals surface area contributed by atoms with Crippen LogP contribution in [0, 0.1) is 0 Å². The molecule has 13 heavy (non-hydrogen) atoms. The van der Waals surface area contributed by atoms with Gasteiger partial charge in [-0.1, -0.05) is 37.0 Å². The van der Waals surface area contributed by atoms with Crippen LogP contribution in [0.1, 0.15) is 13.3 Å². The van der Waals surface area contributed by atoms with Crippen LogP contribution in [0.3, 0.4) is 0 Å². The summed E-state index contributed by atoms with van der Waals surface area (Å²) in [6, 6.07) is 0.325. The van der Waals surface area contributed by atoms with Crippen LogP contribution >= 0.6 is 0 Å². The van der Waals surface area contributed by atoms with Gasteiger partial charge in [-0.05, 0) is 26.0 Å². The van der Waals surface area contributed by atoms with Crippen molar-refractivity contribution in [3.05, 3.63) is 49.1 Å². The first kappa shape index (κ1) is 11.9. The summed E-state index contributed by atoms with van der Waals surface area (Å²) in [7, 11) is 1.95. The van der Waals surface area contributed by atoms with Crippen LogP contribution in [0.4, 0.5) is 0 Å². The minimum absolute atomic E-state index is 0.325. The molecular formula is C12H19N. The van der Waals surface area contributed by atoms with Crippen molar-refractivity contribution in [3.63, 3.8) is 0 Å². The van der Waals surface area contributed by atoms with Gasteiger partial charge in [0.2, 0.25) is 0 Å². The van der Waals surface area contributed by atoms with Crippen LogP contribution < -0.4 is 5.32 Å². The molecule has 0 aromatic carbocycles. The van der Waals surface area contributed by atoms with Crippen LogP contribution in [0.5, 0.6) is 0 Å². The standard InChI is InChI=1S/C12H19N/c1-5-8-10-11(7-3)12(13-4)9-6-2/h5-8,10,12-13H,2-3,9H2,1,4H3/b8-5-,11-10+. The van der Waals surface area contributed by atoms with Crippen LogP contribution in [0.15, 0.2) is 49.1 Å². The maximum Gasteiger partial charge on any atom is 0.0352 e. The highest BCUT2D eigenvalue weighted by Gasteiger charge is 2.05. The Bertz CT molecular complexity index is 211. The topological polar surface area (TPSA) is 12.0 Å². The predicted molar refractivity (Wildman–Crippen MR) is 60.8 cm³/mol. The van der Waals surface area contributed by atoms with Crippen molar-refractivity contribution in [2.45, 2.75) is 19.4 Å². The van der Waals surface area contributed by atoms with Crippen molar-refractivity contribution in [2.24, 2.45) is 0 Å². The Balaban J connectivity index is 4.49. The maximum absolute atomic E-state index is 3.79. The fourth-order valence-electron chi connectivity index (χ4n) is 1.12. The summed E-state index contributed by atoms with van der Waals surface area (Å²) in [5.41, 5.74) is 1.19. The summed E-state index contributed by atoms with van der Waals surface area (Å²) < 4.78 is 0. The van der Waals surface area contributed by atoms with Crippen molar-refractivity contribution in [1.29, 1.82) is 0 Å². The number of hydrogen-bond acceptors (Lipinski definition) is 1. The molecule has 0 spiro atoms. The van der Waals surface area contributed by atoms with Crippen LogP contribution in [-0.4, -0.2) is 13.1 Å². The normalized spacial score (nSPS) is 14.5. The maximum atomic E-state index is 3.79. The van der Waals surface area contributed by atoms with Crippen LogP contribution in [0.2, 0.25) is 0 Å². The van der Waals surface area contributed by atoms with Crippen molar-refractivity contribution in [2.75, 3.05) is 7.05 Å². The summed E-state index contributed by atoms with van der Waals surface area (Å²) in [5.74, 6) is 0. The van der Waals surface area contributed by atoms with Gasteiger partial charge in [0.05, 0.1) is 0 Å². The third kappa shape index (κ3) is 4.48. The van der Waals surface area contributed by atoms with E-state index >= 15 is 0 Å². The van der Waals surface area contributed by atoms with Gasteiger partial charge < -0.3 is 5.32 Å². The molecule has 0 aromatic rings. The monoisotopic (exact) mass is 177 g/mol. The van der Waals surface area contributed by atoms with E-state index in [0.29, 0.717) is 6.04 Å². The largest absolute Gasteiger partial charge is 0.313 e. The molecule has 0 saturated heterocycles. The zero-order valence-electron chi connectivity index (χ0n) is 8.59. The molecule has 0 bridgehead atoms. The summed E-state index contributed by atoms with van der Waals surface area (Å²) in [4.78, 5) is 0. The smallest absolute Gasteiger partial charge is 0.0352 e. The molecule has 0 aliphatic carbocycles. The lowest BCUT2D eigenvalue weighted by atomic mass is 10.0. The third-order valence-corrected chi connectivity index (χ3v) is 1.87. The van der Waals surface area contributed by atoms with Gasteiger partial charge in [0.1, 0.15) is 0 Å². The first-order chi connectivity index (χ1) is 6.29. The molecule has 1 heteroatoms. The Morgan fingerprint density at radius 2 is 2.15 bits per heavy atom. The number of allylic oxidation sites excluding steroid dienone is 3. The Kier molecular flexibility index (Phi) is 6.93. The van der Waals surface area contributed by atoms with E-state index in [1.54, 1.807) is 0 Å². The number of nitrogens with one attached hydrogen (secondary N) is 1. The lowest BCUT2D eigenvalue weighted by molar-refractivity contribution is 0.656. The molecule has 0 heterocycles. The Morgan fingerprint density at radius 3 is 2.54 bits per heavy atom. The molecule has 0 aliphatic heterocycles. The minimum atomic E-state index is 0.325. The first-order valence-corrected chi connectivity index (χ1v) is 4.53. The Morgan fingerprint density at radius 1 is 1.46 bits per heavy atom. The third-order valence-electron chi connectivity index (χ3n) is 1.87. The second-order valence-corrected chi connectivity index (χ2v) is 2.76. The number of likely N-dealkylation sites (N-methyl/N-ethyl adjacent to an activating group) is 1. The number of rotatable bonds is 6. The Hall–Kier alpha value is -1.08. The zero-order chi connectivity index (χ0) is 10.1. The second-order valence-electron chi connectivity index (χ2n) is 2.76. The SMILES string of the molecule is C=CCC(NC)/C(C=C)=C/C=C\C. The molecule has 0 rings (SSSR count). The molecule has 0 radical (unpaired) electrons. The zero-order valence-corrected chi connectivity index (χ0v) is 8.59. The van der Waals surface area contributed by atoms with E-state index in [2.05, 4.69) is 24.6 Å². The fourth-order valence-corrected chi connectivity index (χ4v) is 1.12. The van der Waals surface area contributed by atoms with Gasteiger partial charge in [0.15, 0.2) is 0 Å². The second kappa shape index (κ2) is 7.56. The van der Waals surface area contributed by atoms with Crippen molar-refractivity contribution in [3.8, 4) is 0 Å². The Labute approximate surface area is 81.5 Å². The first-order valence-electron chi connectivity index (χ1n) is 4.53. The van der Waals surface area contributed by atoms with E-state index in [4.69, 9.17) is 0 Å². The van der Waals surface area contributed by atoms with E-state index in [1.807, 2.05) is 38.3 Å². The highest BCUT2D eigenvalue weighted by atomic mass is 14.9. The minimum Gasteiger partial charge on any atom is -0.313 e. The van der Waals surface area contributed by atoms with Gasteiger partial charge in [-0.15, -0.1) is 6.58 Å². The van der Waals surface area contributed by atoms with Crippen molar-refractivity contribution >= 4 is 0 Å². The molecular weight excluding hydrogens is 158 g/mol. The highest BCUT2D eigenvalue weighted by molar-refractivity contribution is 5.27. The van der Waals surface area contributed by atoms with Crippen molar-refractivity contribution in [1.82, 2.24) is 5.32 Å². The average Bonchev–Trinajstić information content (AvgIpc) is 2.17. The van der Waals surface area contributed by atoms with E-state index < -0.39 is 0 Å². The van der Waals surface area contributed by atoms with Gasteiger partial charge in [-0.2, -0.15) is 0 Å². The fraction of sp³-hybridized carbons (Fsp3) is 0.333. The van der Waals surface area contributed by atoms with Gasteiger partial charge in [0, 0.05) is 6.04 Å². The number of hydrogen-bond donors (Lipinski definition) is 1. The van der Waals surface area contributed by atoms with E-state index in [0.717, 1.165) is 6.42 Å². The summed E-state index contributed by atoms with van der Waals surface area (Å²) in [5, 5.41) is 3.22. The highest BCUT2D eigenvalue weighted by Crippen LogP contribution is 2.08. The van der Waals surface area contributed by atoms with Gasteiger partial charge in [-0.25, -0.2) is 0 Å². The average molecular weight is 177 g/mol. The molecule has 1 unspecified atom stereocenters. The summed E-state index contributed by atoms with van der Waals surface area (Å²) >= 11 is 0. The van der Waals surface area contributed by atoms with Crippen LogP contribution in [0.25, 0.3) is 0 Å². The summed E-state index contributed by atoms with van der Waals surface area (Å²) in [6.07, 6.45) is 10.8. The van der Waals surface area contributed by atoms with E-state index in [-0.39, 0.29) is 0 Å². The van der Waals surface area contributed by atoms with Gasteiger partial charge >= 0.3 is 0 Å². The molecule has 0 fully saturated rings. The van der Waals surface area contributed by atoms with Crippen LogP contribution in [-0.2, 0) is 0 Å². The quantitative estimate of drug-likeness (QED) is 0.486. The molecule has 72 valence electrons. The molecule has 0 saturated carbocycles. The lowest BCUT2D eigenvalue weighted by Crippen LogP contribution is -2.25. The molecule has 1 atom stereocenters. The van der Waals surface area contributed by atoms with Crippen molar-refractivity contribution < 1.29 is 0 Å². The molecule has 1 nitrogen and oxygen atoms in total.